The molecule has 0 spiro atoms. The molecule has 0 unspecified atom stereocenters. The van der Waals surface area contributed by atoms with Gasteiger partial charge in [-0.05, 0) is 12.1 Å². The molecule has 0 aliphatic carbocycles. The summed E-state index contributed by atoms with van der Waals surface area (Å²) in [6.45, 7) is 5.24. The van der Waals surface area contributed by atoms with Crippen molar-refractivity contribution < 1.29 is 9.32 Å². The van der Waals surface area contributed by atoms with Gasteiger partial charge in [-0.15, -0.1) is 0 Å². The lowest BCUT2D eigenvalue weighted by Gasteiger charge is -2.34. The molecule has 1 aliphatic heterocycles. The summed E-state index contributed by atoms with van der Waals surface area (Å²) in [7, 11) is 0. The fraction of sp³-hybridized carbons (Fsp3) is 0.389. The van der Waals surface area contributed by atoms with E-state index >= 15 is 0 Å². The van der Waals surface area contributed by atoms with Crippen molar-refractivity contribution >= 4 is 16.9 Å². The van der Waals surface area contributed by atoms with Gasteiger partial charge in [-0.1, -0.05) is 17.3 Å². The standard InChI is InChI=1S/C18H21N5O2/c24-18(13-16-15-3-1-2-4-17(15)25-20-16)23-11-9-21(10-12-23)7-8-22-6-5-19-14-22/h1-6,14H,7-13H2. The second-order valence-electron chi connectivity index (χ2n) is 6.33. The molecule has 2 aromatic heterocycles. The molecule has 0 bridgehead atoms. The summed E-state index contributed by atoms with van der Waals surface area (Å²) in [5.41, 5.74) is 1.46. The summed E-state index contributed by atoms with van der Waals surface area (Å²) in [4.78, 5) is 20.9. The van der Waals surface area contributed by atoms with E-state index in [1.807, 2.05) is 41.7 Å². The monoisotopic (exact) mass is 339 g/mol. The Morgan fingerprint density at radius 1 is 1.12 bits per heavy atom. The Morgan fingerprint density at radius 2 is 1.96 bits per heavy atom. The first kappa shape index (κ1) is 15.8. The smallest absolute Gasteiger partial charge is 0.228 e. The molecule has 0 atom stereocenters. The number of hydrogen-bond acceptors (Lipinski definition) is 5. The number of hydrogen-bond donors (Lipinski definition) is 0. The second kappa shape index (κ2) is 7.06. The summed E-state index contributed by atoms with van der Waals surface area (Å²) in [6.07, 6.45) is 5.90. The lowest BCUT2D eigenvalue weighted by atomic mass is 10.1. The zero-order valence-corrected chi connectivity index (χ0v) is 14.0. The molecule has 1 amide bonds. The largest absolute Gasteiger partial charge is 0.356 e. The Morgan fingerprint density at radius 3 is 2.76 bits per heavy atom. The first-order valence-corrected chi connectivity index (χ1v) is 8.59. The minimum Gasteiger partial charge on any atom is -0.356 e. The highest BCUT2D eigenvalue weighted by molar-refractivity contribution is 5.86. The van der Waals surface area contributed by atoms with Crippen LogP contribution < -0.4 is 0 Å². The predicted octanol–water partition coefficient (Wildman–Crippen LogP) is 1.41. The van der Waals surface area contributed by atoms with Crippen LogP contribution in [0, 0.1) is 0 Å². The third-order valence-corrected chi connectivity index (χ3v) is 4.73. The average molecular weight is 339 g/mol. The molecule has 1 aromatic carbocycles. The van der Waals surface area contributed by atoms with Crippen molar-refractivity contribution in [2.75, 3.05) is 32.7 Å². The SMILES string of the molecule is O=C(Cc1noc2ccccc12)N1CCN(CCn2ccnc2)CC1. The van der Waals surface area contributed by atoms with Crippen molar-refractivity contribution in [2.45, 2.75) is 13.0 Å². The maximum Gasteiger partial charge on any atom is 0.228 e. The van der Waals surface area contributed by atoms with E-state index in [1.54, 1.807) is 6.20 Å². The van der Waals surface area contributed by atoms with Gasteiger partial charge in [0.25, 0.3) is 0 Å². The van der Waals surface area contributed by atoms with Crippen LogP contribution in [0.15, 0.2) is 47.5 Å². The highest BCUT2D eigenvalue weighted by Gasteiger charge is 2.22. The normalized spacial score (nSPS) is 15.8. The molecular formula is C18H21N5O2. The summed E-state index contributed by atoms with van der Waals surface area (Å²) < 4.78 is 7.36. The van der Waals surface area contributed by atoms with Gasteiger partial charge in [-0.25, -0.2) is 4.98 Å². The molecular weight excluding hydrogens is 318 g/mol. The highest BCUT2D eigenvalue weighted by atomic mass is 16.5. The minimum atomic E-state index is 0.119. The van der Waals surface area contributed by atoms with Gasteiger partial charge in [0, 0.05) is 57.0 Å². The van der Waals surface area contributed by atoms with Crippen LogP contribution in [0.25, 0.3) is 11.0 Å². The van der Waals surface area contributed by atoms with E-state index in [0.717, 1.165) is 55.9 Å². The van der Waals surface area contributed by atoms with Gasteiger partial charge >= 0.3 is 0 Å². The molecule has 0 N–H and O–H groups in total. The van der Waals surface area contributed by atoms with Crippen molar-refractivity contribution in [3.05, 3.63) is 48.7 Å². The Labute approximate surface area is 145 Å². The van der Waals surface area contributed by atoms with Crippen LogP contribution in [0.2, 0.25) is 0 Å². The average Bonchev–Trinajstić information content (AvgIpc) is 3.31. The van der Waals surface area contributed by atoms with Crippen molar-refractivity contribution in [3.63, 3.8) is 0 Å². The number of piperazine rings is 1. The van der Waals surface area contributed by atoms with Crippen LogP contribution >= 0.6 is 0 Å². The molecule has 0 saturated carbocycles. The zero-order valence-electron chi connectivity index (χ0n) is 14.0. The number of carbonyl (C=O) groups is 1. The van der Waals surface area contributed by atoms with Crippen LogP contribution in [0.3, 0.4) is 0 Å². The van der Waals surface area contributed by atoms with Crippen molar-refractivity contribution in [2.24, 2.45) is 0 Å². The molecule has 25 heavy (non-hydrogen) atoms. The number of fused-ring (bicyclic) bond motifs is 1. The summed E-state index contributed by atoms with van der Waals surface area (Å²) in [5, 5.41) is 4.99. The molecule has 4 rings (SSSR count). The molecule has 1 aliphatic rings. The van der Waals surface area contributed by atoms with E-state index in [2.05, 4.69) is 19.6 Å². The van der Waals surface area contributed by atoms with Gasteiger partial charge in [0.1, 0.15) is 5.69 Å². The van der Waals surface area contributed by atoms with Gasteiger partial charge in [-0.2, -0.15) is 0 Å². The predicted molar refractivity (Wildman–Crippen MR) is 93.0 cm³/mol. The van der Waals surface area contributed by atoms with Crippen molar-refractivity contribution in [1.29, 1.82) is 0 Å². The molecule has 130 valence electrons. The van der Waals surface area contributed by atoms with Crippen LogP contribution in [0.5, 0.6) is 0 Å². The van der Waals surface area contributed by atoms with E-state index in [4.69, 9.17) is 4.52 Å². The maximum absolute atomic E-state index is 12.6. The van der Waals surface area contributed by atoms with E-state index in [-0.39, 0.29) is 5.91 Å². The number of nitrogens with zero attached hydrogens (tertiary/aromatic N) is 5. The molecule has 1 fully saturated rings. The van der Waals surface area contributed by atoms with E-state index in [9.17, 15) is 4.79 Å². The number of aromatic nitrogens is 3. The van der Waals surface area contributed by atoms with Gasteiger partial charge < -0.3 is 14.0 Å². The third kappa shape index (κ3) is 3.56. The molecule has 3 heterocycles. The number of carbonyl (C=O) groups excluding carboxylic acids is 1. The van der Waals surface area contributed by atoms with E-state index in [0.29, 0.717) is 6.42 Å². The Hall–Kier alpha value is -2.67. The second-order valence-corrected chi connectivity index (χ2v) is 6.33. The highest BCUT2D eigenvalue weighted by Crippen LogP contribution is 2.19. The molecule has 7 heteroatoms. The molecule has 7 nitrogen and oxygen atoms in total. The van der Waals surface area contributed by atoms with Crippen LogP contribution in [0.1, 0.15) is 5.69 Å². The third-order valence-electron chi connectivity index (χ3n) is 4.73. The molecule has 1 saturated heterocycles. The van der Waals surface area contributed by atoms with Crippen LogP contribution in [-0.4, -0.2) is 63.1 Å². The van der Waals surface area contributed by atoms with E-state index < -0.39 is 0 Å². The number of para-hydroxylation sites is 1. The number of rotatable bonds is 5. The lowest BCUT2D eigenvalue weighted by molar-refractivity contribution is -0.132. The fourth-order valence-corrected chi connectivity index (χ4v) is 3.22. The minimum absolute atomic E-state index is 0.119. The Kier molecular flexibility index (Phi) is 4.47. The fourth-order valence-electron chi connectivity index (χ4n) is 3.22. The number of benzene rings is 1. The topological polar surface area (TPSA) is 67.4 Å². The van der Waals surface area contributed by atoms with Gasteiger partial charge in [0.05, 0.1) is 12.7 Å². The maximum atomic E-state index is 12.6. The number of imidazole rings is 1. The van der Waals surface area contributed by atoms with Gasteiger partial charge in [0.2, 0.25) is 5.91 Å². The first-order valence-electron chi connectivity index (χ1n) is 8.59. The van der Waals surface area contributed by atoms with Crippen molar-refractivity contribution in [1.82, 2.24) is 24.5 Å². The summed E-state index contributed by atoms with van der Waals surface area (Å²) in [6, 6.07) is 7.66. The zero-order chi connectivity index (χ0) is 17.1. The Balaban J connectivity index is 1.29. The quantitative estimate of drug-likeness (QED) is 0.703. The summed E-state index contributed by atoms with van der Waals surface area (Å²) >= 11 is 0. The first-order chi connectivity index (χ1) is 12.3. The van der Waals surface area contributed by atoms with E-state index in [1.165, 1.54) is 0 Å². The van der Waals surface area contributed by atoms with Crippen LogP contribution in [0.4, 0.5) is 0 Å². The summed E-state index contributed by atoms with van der Waals surface area (Å²) in [5.74, 6) is 0.119. The van der Waals surface area contributed by atoms with Gasteiger partial charge in [-0.3, -0.25) is 9.69 Å². The number of amides is 1. The Bertz CT molecular complexity index is 834. The molecule has 3 aromatic rings. The van der Waals surface area contributed by atoms with Crippen molar-refractivity contribution in [3.8, 4) is 0 Å². The lowest BCUT2D eigenvalue weighted by Crippen LogP contribution is -2.49. The molecule has 0 radical (unpaired) electrons. The van der Waals surface area contributed by atoms with Gasteiger partial charge in [0.15, 0.2) is 5.58 Å². The van der Waals surface area contributed by atoms with Crippen LogP contribution in [-0.2, 0) is 17.8 Å².